The summed E-state index contributed by atoms with van der Waals surface area (Å²) >= 11 is 5.77. The lowest BCUT2D eigenvalue weighted by Crippen LogP contribution is -2.12. The van der Waals surface area contributed by atoms with Gasteiger partial charge in [-0.25, -0.2) is 4.39 Å². The number of hydrogen-bond acceptors (Lipinski definition) is 2. The maximum absolute atomic E-state index is 13.8. The van der Waals surface area contributed by atoms with Crippen LogP contribution in [0.5, 0.6) is 5.75 Å². The first-order valence-corrected chi connectivity index (χ1v) is 7.42. The Kier molecular flexibility index (Phi) is 4.13. The van der Waals surface area contributed by atoms with Crippen LogP contribution in [0.25, 0.3) is 0 Å². The summed E-state index contributed by atoms with van der Waals surface area (Å²) < 4.78 is 19.5. The summed E-state index contributed by atoms with van der Waals surface area (Å²) in [6.45, 7) is 0.181. The average Bonchev–Trinajstić information content (AvgIpc) is 2.91. The molecule has 0 fully saturated rings. The van der Waals surface area contributed by atoms with Gasteiger partial charge in [-0.15, -0.1) is 0 Å². The summed E-state index contributed by atoms with van der Waals surface area (Å²) in [4.78, 5) is 0. The minimum Gasteiger partial charge on any atom is -0.489 e. The van der Waals surface area contributed by atoms with E-state index < -0.39 is 5.82 Å². The molecule has 1 N–H and O–H groups in total. The van der Waals surface area contributed by atoms with Gasteiger partial charge in [-0.05, 0) is 49.2 Å². The quantitative estimate of drug-likeness (QED) is 0.911. The van der Waals surface area contributed by atoms with Crippen LogP contribution in [-0.4, -0.2) is 7.05 Å². The highest BCUT2D eigenvalue weighted by Gasteiger charge is 2.21. The summed E-state index contributed by atoms with van der Waals surface area (Å²) in [5.41, 5.74) is 3.10. The third-order valence-corrected chi connectivity index (χ3v) is 4.26. The van der Waals surface area contributed by atoms with E-state index >= 15 is 0 Å². The highest BCUT2D eigenvalue weighted by molar-refractivity contribution is 6.30. The molecule has 0 amide bonds. The number of nitrogens with one attached hydrogen (secondary N) is 1. The van der Waals surface area contributed by atoms with Gasteiger partial charge in [0.15, 0.2) is 0 Å². The first kappa shape index (κ1) is 14.4. The lowest BCUT2D eigenvalue weighted by molar-refractivity contribution is 0.299. The van der Waals surface area contributed by atoms with Crippen LogP contribution in [0.1, 0.15) is 29.2 Å². The normalized spacial score (nSPS) is 16.8. The fraction of sp³-hybridized carbons (Fsp3) is 0.294. The SMILES string of the molecule is CNC1CCc2cc(OCc3cccc(Cl)c3F)ccc21. The lowest BCUT2D eigenvalue weighted by atomic mass is 10.1. The first-order chi connectivity index (χ1) is 10.2. The Hall–Kier alpha value is -1.58. The molecule has 0 spiro atoms. The van der Waals surface area contributed by atoms with Crippen molar-refractivity contribution in [3.05, 3.63) is 63.9 Å². The van der Waals surface area contributed by atoms with E-state index in [4.69, 9.17) is 16.3 Å². The van der Waals surface area contributed by atoms with Gasteiger partial charge in [0.2, 0.25) is 0 Å². The van der Waals surface area contributed by atoms with E-state index in [1.54, 1.807) is 12.1 Å². The van der Waals surface area contributed by atoms with Gasteiger partial charge in [-0.3, -0.25) is 0 Å². The second-order valence-electron chi connectivity index (χ2n) is 5.24. The molecule has 0 aromatic heterocycles. The molecule has 3 rings (SSSR count). The lowest BCUT2D eigenvalue weighted by Gasteiger charge is -2.12. The highest BCUT2D eigenvalue weighted by atomic mass is 35.5. The van der Waals surface area contributed by atoms with E-state index in [0.29, 0.717) is 11.6 Å². The molecule has 2 nitrogen and oxygen atoms in total. The van der Waals surface area contributed by atoms with Gasteiger partial charge in [0, 0.05) is 11.6 Å². The van der Waals surface area contributed by atoms with E-state index in [1.165, 1.54) is 17.2 Å². The Morgan fingerprint density at radius 1 is 1.33 bits per heavy atom. The maximum Gasteiger partial charge on any atom is 0.148 e. The molecule has 1 aliphatic rings. The molecule has 0 bridgehead atoms. The van der Waals surface area contributed by atoms with Crippen molar-refractivity contribution in [2.24, 2.45) is 0 Å². The zero-order valence-corrected chi connectivity index (χ0v) is 12.6. The molecule has 110 valence electrons. The number of fused-ring (bicyclic) bond motifs is 1. The van der Waals surface area contributed by atoms with Gasteiger partial charge >= 0.3 is 0 Å². The van der Waals surface area contributed by atoms with Crippen molar-refractivity contribution in [2.75, 3.05) is 7.05 Å². The fourth-order valence-electron chi connectivity index (χ4n) is 2.80. The number of rotatable bonds is 4. The summed E-state index contributed by atoms with van der Waals surface area (Å²) in [5.74, 6) is 0.362. The van der Waals surface area contributed by atoms with Gasteiger partial charge in [-0.1, -0.05) is 29.8 Å². The number of hydrogen-bond donors (Lipinski definition) is 1. The van der Waals surface area contributed by atoms with E-state index in [2.05, 4.69) is 17.4 Å². The Labute approximate surface area is 128 Å². The Morgan fingerprint density at radius 3 is 3.00 bits per heavy atom. The number of ether oxygens (including phenoxy) is 1. The Balaban J connectivity index is 1.73. The van der Waals surface area contributed by atoms with Crippen LogP contribution in [-0.2, 0) is 13.0 Å². The van der Waals surface area contributed by atoms with Crippen LogP contribution in [0.2, 0.25) is 5.02 Å². The highest BCUT2D eigenvalue weighted by Crippen LogP contribution is 2.33. The predicted octanol–water partition coefficient (Wildman–Crippen LogP) is 4.26. The standard InChI is InChI=1S/C17H17ClFNO/c1-20-16-8-5-11-9-13(6-7-14(11)16)21-10-12-3-2-4-15(18)17(12)19/h2-4,6-7,9,16,20H,5,8,10H2,1H3. The monoisotopic (exact) mass is 305 g/mol. The molecular weight excluding hydrogens is 289 g/mol. The first-order valence-electron chi connectivity index (χ1n) is 7.05. The van der Waals surface area contributed by atoms with Crippen LogP contribution >= 0.6 is 11.6 Å². The Morgan fingerprint density at radius 2 is 2.19 bits per heavy atom. The molecule has 0 radical (unpaired) electrons. The second-order valence-corrected chi connectivity index (χ2v) is 5.65. The van der Waals surface area contributed by atoms with Gasteiger partial charge in [0.1, 0.15) is 18.2 Å². The average molecular weight is 306 g/mol. The molecule has 0 saturated heterocycles. The molecule has 2 aromatic rings. The molecule has 1 atom stereocenters. The molecule has 1 unspecified atom stereocenters. The molecule has 4 heteroatoms. The smallest absolute Gasteiger partial charge is 0.148 e. The molecular formula is C17H17ClFNO. The van der Waals surface area contributed by atoms with Crippen LogP contribution in [0.15, 0.2) is 36.4 Å². The van der Waals surface area contributed by atoms with E-state index in [1.807, 2.05) is 13.1 Å². The minimum absolute atomic E-state index is 0.127. The van der Waals surface area contributed by atoms with Crippen molar-refractivity contribution < 1.29 is 9.13 Å². The van der Waals surface area contributed by atoms with E-state index in [-0.39, 0.29) is 11.6 Å². The number of halogens is 2. The Bertz CT molecular complexity index is 659. The van der Waals surface area contributed by atoms with Crippen LogP contribution < -0.4 is 10.1 Å². The molecule has 0 heterocycles. The summed E-state index contributed by atoms with van der Waals surface area (Å²) in [7, 11) is 1.98. The fourth-order valence-corrected chi connectivity index (χ4v) is 3.00. The van der Waals surface area contributed by atoms with Crippen LogP contribution in [0.3, 0.4) is 0 Å². The topological polar surface area (TPSA) is 21.3 Å². The molecule has 2 aromatic carbocycles. The van der Waals surface area contributed by atoms with Gasteiger partial charge < -0.3 is 10.1 Å². The largest absolute Gasteiger partial charge is 0.489 e. The number of aryl methyl sites for hydroxylation is 1. The molecule has 0 saturated carbocycles. The van der Waals surface area contributed by atoms with Crippen molar-refractivity contribution in [1.29, 1.82) is 0 Å². The third kappa shape index (κ3) is 2.89. The summed E-state index contributed by atoms with van der Waals surface area (Å²) in [6, 6.07) is 11.5. The van der Waals surface area contributed by atoms with Crippen molar-refractivity contribution in [3.63, 3.8) is 0 Å². The van der Waals surface area contributed by atoms with E-state index in [9.17, 15) is 4.39 Å². The minimum atomic E-state index is -0.407. The third-order valence-electron chi connectivity index (χ3n) is 3.97. The van der Waals surface area contributed by atoms with E-state index in [0.717, 1.165) is 18.6 Å². The van der Waals surface area contributed by atoms with Crippen molar-refractivity contribution >= 4 is 11.6 Å². The summed E-state index contributed by atoms with van der Waals surface area (Å²) in [5, 5.41) is 3.43. The van der Waals surface area contributed by atoms with Crippen LogP contribution in [0, 0.1) is 5.82 Å². The molecule has 21 heavy (non-hydrogen) atoms. The zero-order valence-electron chi connectivity index (χ0n) is 11.8. The molecule has 1 aliphatic carbocycles. The zero-order chi connectivity index (χ0) is 14.8. The second kappa shape index (κ2) is 6.04. The summed E-state index contributed by atoms with van der Waals surface area (Å²) in [6.07, 6.45) is 2.15. The van der Waals surface area contributed by atoms with Gasteiger partial charge in [0.25, 0.3) is 0 Å². The van der Waals surface area contributed by atoms with Gasteiger partial charge in [-0.2, -0.15) is 0 Å². The van der Waals surface area contributed by atoms with Crippen molar-refractivity contribution in [3.8, 4) is 5.75 Å². The molecule has 0 aliphatic heterocycles. The van der Waals surface area contributed by atoms with Gasteiger partial charge in [0.05, 0.1) is 5.02 Å². The maximum atomic E-state index is 13.8. The van der Waals surface area contributed by atoms with Crippen LogP contribution in [0.4, 0.5) is 4.39 Å². The predicted molar refractivity (Wildman–Crippen MR) is 82.3 cm³/mol. The van der Waals surface area contributed by atoms with Crippen molar-refractivity contribution in [1.82, 2.24) is 5.32 Å². The van der Waals surface area contributed by atoms with Crippen molar-refractivity contribution in [2.45, 2.75) is 25.5 Å². The number of benzene rings is 2.